The maximum Gasteiger partial charge on any atom is 0.311 e. The maximum atomic E-state index is 11.8. The van der Waals surface area contributed by atoms with Crippen molar-refractivity contribution < 1.29 is 14.3 Å². The van der Waals surface area contributed by atoms with Crippen molar-refractivity contribution >= 4 is 23.1 Å². The van der Waals surface area contributed by atoms with Gasteiger partial charge >= 0.3 is 5.97 Å². The summed E-state index contributed by atoms with van der Waals surface area (Å²) in [6.07, 6.45) is 0.284. The Morgan fingerprint density at radius 2 is 1.81 bits per heavy atom. The molecule has 4 heteroatoms. The van der Waals surface area contributed by atoms with E-state index in [2.05, 4.69) is 13.8 Å². The number of ketones is 1. The molecule has 0 aliphatic heterocycles. The molecule has 0 radical (unpaired) electrons. The van der Waals surface area contributed by atoms with Crippen LogP contribution in [0.15, 0.2) is 41.8 Å². The summed E-state index contributed by atoms with van der Waals surface area (Å²) in [5, 5.41) is 1.85. The lowest BCUT2D eigenvalue weighted by Gasteiger charge is -2.07. The number of ether oxygens (including phenoxy) is 1. The molecule has 0 atom stereocenters. The lowest BCUT2D eigenvalue weighted by molar-refractivity contribution is -0.134. The van der Waals surface area contributed by atoms with Crippen LogP contribution in [0.2, 0.25) is 0 Å². The molecule has 0 aliphatic carbocycles. The molecule has 110 valence electrons. The lowest BCUT2D eigenvalue weighted by Crippen LogP contribution is -2.10. The number of carbonyl (C=O) groups is 2. The van der Waals surface area contributed by atoms with Crippen molar-refractivity contribution in [1.29, 1.82) is 0 Å². The van der Waals surface area contributed by atoms with Crippen molar-refractivity contribution in [2.75, 3.05) is 0 Å². The van der Waals surface area contributed by atoms with Crippen molar-refractivity contribution in [3.63, 3.8) is 0 Å². The van der Waals surface area contributed by atoms with E-state index in [0.29, 0.717) is 16.5 Å². The zero-order chi connectivity index (χ0) is 15.2. The monoisotopic (exact) mass is 302 g/mol. The number of carbonyl (C=O) groups excluding carboxylic acids is 2. The number of rotatable bonds is 6. The number of hydrogen-bond donors (Lipinski definition) is 0. The Kier molecular flexibility index (Phi) is 5.28. The summed E-state index contributed by atoms with van der Waals surface area (Å²) in [5.41, 5.74) is 1.20. The van der Waals surface area contributed by atoms with Crippen molar-refractivity contribution in [3.8, 4) is 5.75 Å². The Morgan fingerprint density at radius 1 is 1.10 bits per heavy atom. The first-order valence-electron chi connectivity index (χ1n) is 6.93. The van der Waals surface area contributed by atoms with Crippen LogP contribution in [0.3, 0.4) is 0 Å². The number of esters is 1. The van der Waals surface area contributed by atoms with E-state index in [0.717, 1.165) is 0 Å². The van der Waals surface area contributed by atoms with E-state index in [4.69, 9.17) is 4.74 Å². The van der Waals surface area contributed by atoms with Gasteiger partial charge in [-0.1, -0.05) is 32.0 Å². The van der Waals surface area contributed by atoms with E-state index in [1.807, 2.05) is 23.6 Å². The predicted molar refractivity (Wildman–Crippen MR) is 84.0 cm³/mol. The zero-order valence-electron chi connectivity index (χ0n) is 12.2. The van der Waals surface area contributed by atoms with Gasteiger partial charge in [0.15, 0.2) is 5.78 Å². The largest absolute Gasteiger partial charge is 0.427 e. The summed E-state index contributed by atoms with van der Waals surface area (Å²) in [6.45, 7) is 4.22. The van der Waals surface area contributed by atoms with Crippen LogP contribution in [0, 0.1) is 0 Å². The molecule has 3 nitrogen and oxygen atoms in total. The van der Waals surface area contributed by atoms with Crippen LogP contribution in [0.1, 0.15) is 47.8 Å². The smallest absolute Gasteiger partial charge is 0.311 e. The fourth-order valence-corrected chi connectivity index (χ4v) is 2.57. The van der Waals surface area contributed by atoms with Crippen LogP contribution in [0.5, 0.6) is 5.75 Å². The van der Waals surface area contributed by atoms with E-state index in [1.165, 1.54) is 16.9 Å². The minimum atomic E-state index is -0.378. The minimum absolute atomic E-state index is 0.0166. The van der Waals surface area contributed by atoms with Crippen LogP contribution in [0.25, 0.3) is 0 Å². The second-order valence-corrected chi connectivity index (χ2v) is 6.05. The lowest BCUT2D eigenvalue weighted by atomic mass is 10.0. The highest BCUT2D eigenvalue weighted by Crippen LogP contribution is 2.19. The van der Waals surface area contributed by atoms with Gasteiger partial charge < -0.3 is 4.74 Å². The summed E-state index contributed by atoms with van der Waals surface area (Å²) < 4.78 is 5.23. The van der Waals surface area contributed by atoms with E-state index in [1.54, 1.807) is 18.2 Å². The van der Waals surface area contributed by atoms with Gasteiger partial charge in [-0.3, -0.25) is 9.59 Å². The first kappa shape index (κ1) is 15.4. The second-order valence-electron chi connectivity index (χ2n) is 5.10. The highest BCUT2D eigenvalue weighted by Gasteiger charge is 2.11. The number of Topliss-reactive ketones (excluding diaryl/α,β-unsaturated/α-hetero) is 1. The Labute approximate surface area is 128 Å². The summed E-state index contributed by atoms with van der Waals surface area (Å²) >= 11 is 1.39. The molecule has 2 rings (SSSR count). The molecule has 0 spiro atoms. The highest BCUT2D eigenvalue weighted by atomic mass is 32.1. The molecule has 1 aromatic heterocycles. The topological polar surface area (TPSA) is 43.4 Å². The molecule has 0 fully saturated rings. The minimum Gasteiger partial charge on any atom is -0.427 e. The maximum absolute atomic E-state index is 11.8. The van der Waals surface area contributed by atoms with Crippen LogP contribution in [-0.2, 0) is 4.79 Å². The van der Waals surface area contributed by atoms with Gasteiger partial charge in [-0.15, -0.1) is 11.3 Å². The molecule has 1 heterocycles. The van der Waals surface area contributed by atoms with E-state index in [-0.39, 0.29) is 24.6 Å². The van der Waals surface area contributed by atoms with Gasteiger partial charge in [0.2, 0.25) is 0 Å². The number of thiophene rings is 1. The third kappa shape index (κ3) is 4.53. The van der Waals surface area contributed by atoms with Crippen molar-refractivity contribution in [2.24, 2.45) is 0 Å². The molecule has 0 saturated heterocycles. The number of benzene rings is 1. The first-order valence-corrected chi connectivity index (χ1v) is 7.81. The van der Waals surface area contributed by atoms with Crippen molar-refractivity contribution in [3.05, 3.63) is 52.2 Å². The van der Waals surface area contributed by atoms with Gasteiger partial charge in [-0.05, 0) is 35.1 Å². The van der Waals surface area contributed by atoms with Gasteiger partial charge in [0.05, 0.1) is 11.3 Å². The Bertz CT molecular complexity index is 597. The summed E-state index contributed by atoms with van der Waals surface area (Å²) in [4.78, 5) is 24.2. The fourth-order valence-electron chi connectivity index (χ4n) is 1.88. The van der Waals surface area contributed by atoms with E-state index >= 15 is 0 Å². The zero-order valence-corrected chi connectivity index (χ0v) is 13.0. The Hall–Kier alpha value is -1.94. The van der Waals surface area contributed by atoms with Crippen molar-refractivity contribution in [1.82, 2.24) is 0 Å². The van der Waals surface area contributed by atoms with E-state index < -0.39 is 0 Å². The van der Waals surface area contributed by atoms with Gasteiger partial charge in [0, 0.05) is 6.42 Å². The molecule has 1 aromatic carbocycles. The van der Waals surface area contributed by atoms with Gasteiger partial charge in [0.1, 0.15) is 5.75 Å². The quantitative estimate of drug-likeness (QED) is 0.450. The molecule has 0 aliphatic rings. The van der Waals surface area contributed by atoms with Crippen LogP contribution in [-0.4, -0.2) is 11.8 Å². The molecular formula is C17H18O3S. The summed E-state index contributed by atoms with van der Waals surface area (Å²) in [7, 11) is 0. The average molecular weight is 302 g/mol. The average Bonchev–Trinajstić information content (AvgIpc) is 2.99. The molecule has 2 aromatic rings. The summed E-state index contributed by atoms with van der Waals surface area (Å²) in [5.74, 6) is 0.570. The van der Waals surface area contributed by atoms with Gasteiger partial charge in [0.25, 0.3) is 0 Å². The third-order valence-corrected chi connectivity index (χ3v) is 4.04. The van der Waals surface area contributed by atoms with E-state index in [9.17, 15) is 9.59 Å². The molecule has 0 N–H and O–H groups in total. The Morgan fingerprint density at radius 3 is 2.38 bits per heavy atom. The van der Waals surface area contributed by atoms with Crippen LogP contribution >= 0.6 is 11.3 Å². The predicted octanol–water partition coefficient (Wildman–Crippen LogP) is 4.44. The standard InChI is InChI=1S/C17H18O3S/c1-12(2)13-5-7-14(8-6-13)20-17(19)10-9-15(18)16-4-3-11-21-16/h3-8,11-12H,9-10H2,1-2H3. The first-order chi connectivity index (χ1) is 10.1. The normalized spacial score (nSPS) is 10.6. The fraction of sp³-hybridized carbons (Fsp3) is 0.294. The summed E-state index contributed by atoms with van der Waals surface area (Å²) in [6, 6.07) is 11.1. The second kappa shape index (κ2) is 7.18. The molecule has 21 heavy (non-hydrogen) atoms. The SMILES string of the molecule is CC(C)c1ccc(OC(=O)CCC(=O)c2cccs2)cc1. The molecular weight excluding hydrogens is 284 g/mol. The molecule has 0 unspecified atom stereocenters. The highest BCUT2D eigenvalue weighted by molar-refractivity contribution is 7.12. The number of hydrogen-bond acceptors (Lipinski definition) is 4. The van der Waals surface area contributed by atoms with Crippen molar-refractivity contribution in [2.45, 2.75) is 32.6 Å². The molecule has 0 bridgehead atoms. The van der Waals surface area contributed by atoms with Gasteiger partial charge in [-0.25, -0.2) is 0 Å². The molecule has 0 amide bonds. The third-order valence-electron chi connectivity index (χ3n) is 3.13. The Balaban J connectivity index is 1.83. The molecule has 0 saturated carbocycles. The van der Waals surface area contributed by atoms with Crippen LogP contribution < -0.4 is 4.74 Å². The van der Waals surface area contributed by atoms with Gasteiger partial charge in [-0.2, -0.15) is 0 Å². The van der Waals surface area contributed by atoms with Crippen LogP contribution in [0.4, 0.5) is 0 Å².